The zero-order chi connectivity index (χ0) is 14.9. The van der Waals surface area contributed by atoms with Gasteiger partial charge < -0.3 is 4.57 Å². The molecule has 1 fully saturated rings. The van der Waals surface area contributed by atoms with E-state index >= 15 is 0 Å². The van der Waals surface area contributed by atoms with Crippen LogP contribution in [0.5, 0.6) is 0 Å². The van der Waals surface area contributed by atoms with Crippen LogP contribution in [-0.4, -0.2) is 30.4 Å². The maximum atomic E-state index is 12.7. The summed E-state index contributed by atoms with van der Waals surface area (Å²) in [5, 5.41) is 0. The first kappa shape index (κ1) is 15.9. The monoisotopic (exact) mass is 318 g/mol. The third-order valence-electron chi connectivity index (χ3n) is 4.12. The van der Waals surface area contributed by atoms with Crippen LogP contribution in [-0.2, 0) is 15.9 Å². The number of aromatic nitrogens is 1. The molecule has 2 rings (SSSR count). The largest absolute Gasteiger partial charge is 0.346 e. The lowest BCUT2D eigenvalue weighted by Gasteiger charge is -2.23. The molecule has 0 unspecified atom stereocenters. The molecular formula is C14H23ClN2O2S. The number of halogens is 1. The van der Waals surface area contributed by atoms with E-state index in [0.717, 1.165) is 31.4 Å². The summed E-state index contributed by atoms with van der Waals surface area (Å²) in [6, 6.07) is 2.04. The summed E-state index contributed by atoms with van der Waals surface area (Å²) in [4.78, 5) is 0.358. The molecule has 6 heteroatoms. The molecule has 0 aromatic carbocycles. The fourth-order valence-corrected chi connectivity index (χ4v) is 4.54. The quantitative estimate of drug-likeness (QED) is 0.781. The summed E-state index contributed by atoms with van der Waals surface area (Å²) in [5.74, 6) is 0.320. The minimum atomic E-state index is -3.41. The smallest absolute Gasteiger partial charge is 0.244 e. The van der Waals surface area contributed by atoms with Gasteiger partial charge in [0.15, 0.2) is 0 Å². The second-order valence-electron chi connectivity index (χ2n) is 5.76. The molecule has 1 heterocycles. The molecular weight excluding hydrogens is 296 g/mol. The summed E-state index contributed by atoms with van der Waals surface area (Å²) in [6.45, 7) is 4.04. The van der Waals surface area contributed by atoms with Gasteiger partial charge in [0.2, 0.25) is 10.0 Å². The van der Waals surface area contributed by atoms with Gasteiger partial charge in [0.1, 0.15) is 4.90 Å². The lowest BCUT2D eigenvalue weighted by atomic mass is 10.3. The third kappa shape index (κ3) is 2.90. The van der Waals surface area contributed by atoms with Gasteiger partial charge >= 0.3 is 0 Å². The fourth-order valence-electron chi connectivity index (χ4n) is 2.86. The molecule has 20 heavy (non-hydrogen) atoms. The Balaban J connectivity index is 2.33. The first-order valence-corrected chi connectivity index (χ1v) is 9.10. The molecule has 1 aliphatic rings. The molecule has 0 spiro atoms. The lowest BCUT2D eigenvalue weighted by Crippen LogP contribution is -2.35. The second kappa shape index (κ2) is 6.08. The Morgan fingerprint density at radius 3 is 2.45 bits per heavy atom. The van der Waals surface area contributed by atoms with Crippen LogP contribution in [0.3, 0.4) is 0 Å². The van der Waals surface area contributed by atoms with Crippen LogP contribution < -0.4 is 0 Å². The summed E-state index contributed by atoms with van der Waals surface area (Å²) in [7, 11) is -1.72. The Hall–Kier alpha value is -0.520. The van der Waals surface area contributed by atoms with Crippen molar-refractivity contribution < 1.29 is 8.42 Å². The topological polar surface area (TPSA) is 42.3 Å². The van der Waals surface area contributed by atoms with Gasteiger partial charge in [-0.15, -0.1) is 11.6 Å². The zero-order valence-electron chi connectivity index (χ0n) is 12.3. The molecule has 0 saturated heterocycles. The van der Waals surface area contributed by atoms with Crippen molar-refractivity contribution in [2.45, 2.75) is 62.4 Å². The van der Waals surface area contributed by atoms with Crippen molar-refractivity contribution in [2.75, 3.05) is 7.05 Å². The molecule has 0 bridgehead atoms. The van der Waals surface area contributed by atoms with Crippen molar-refractivity contribution in [2.24, 2.45) is 0 Å². The lowest BCUT2D eigenvalue weighted by molar-refractivity contribution is 0.373. The standard InChI is InChI=1S/C14H23ClN2O2S/c1-11(2)17-10-14(8-13(17)9-15)20(18,19)16(3)12-6-4-5-7-12/h8,10-12H,4-7,9H2,1-3H3. The molecule has 1 aliphatic carbocycles. The van der Waals surface area contributed by atoms with E-state index in [9.17, 15) is 8.42 Å². The van der Waals surface area contributed by atoms with E-state index < -0.39 is 10.0 Å². The van der Waals surface area contributed by atoms with Crippen molar-refractivity contribution in [1.29, 1.82) is 0 Å². The van der Waals surface area contributed by atoms with Crippen molar-refractivity contribution in [3.05, 3.63) is 18.0 Å². The van der Waals surface area contributed by atoms with E-state index in [-0.39, 0.29) is 12.1 Å². The maximum absolute atomic E-state index is 12.7. The number of hydrogen-bond acceptors (Lipinski definition) is 2. The SMILES string of the molecule is CC(C)n1cc(S(=O)(=O)N(C)C2CCCC2)cc1CCl. The molecule has 0 aliphatic heterocycles. The number of rotatable bonds is 5. The van der Waals surface area contributed by atoms with Crippen molar-refractivity contribution >= 4 is 21.6 Å². The number of nitrogens with zero attached hydrogens (tertiary/aromatic N) is 2. The van der Waals surface area contributed by atoms with Crippen molar-refractivity contribution in [3.8, 4) is 0 Å². The minimum absolute atomic E-state index is 0.141. The summed E-state index contributed by atoms with van der Waals surface area (Å²) < 4.78 is 28.9. The molecule has 0 N–H and O–H groups in total. The van der Waals surface area contributed by atoms with Gasteiger partial charge in [-0.2, -0.15) is 4.31 Å². The number of hydrogen-bond donors (Lipinski definition) is 0. The Labute approximate surface area is 126 Å². The van der Waals surface area contributed by atoms with Crippen LogP contribution in [0.4, 0.5) is 0 Å². The highest BCUT2D eigenvalue weighted by atomic mass is 35.5. The molecule has 1 aromatic heterocycles. The van der Waals surface area contributed by atoms with Crippen LogP contribution in [0.2, 0.25) is 0 Å². The molecule has 0 amide bonds. The first-order chi connectivity index (χ1) is 9.37. The highest BCUT2D eigenvalue weighted by molar-refractivity contribution is 7.89. The van der Waals surface area contributed by atoms with Crippen LogP contribution in [0.15, 0.2) is 17.2 Å². The number of alkyl halides is 1. The Morgan fingerprint density at radius 1 is 1.40 bits per heavy atom. The van der Waals surface area contributed by atoms with E-state index in [2.05, 4.69) is 0 Å². The second-order valence-corrected chi connectivity index (χ2v) is 8.03. The predicted molar refractivity (Wildman–Crippen MR) is 81.6 cm³/mol. The predicted octanol–water partition coefficient (Wildman–Crippen LogP) is 3.37. The summed E-state index contributed by atoms with van der Waals surface area (Å²) in [5.41, 5.74) is 0.847. The van der Waals surface area contributed by atoms with Crippen LogP contribution in [0.1, 0.15) is 51.3 Å². The van der Waals surface area contributed by atoms with E-state index in [0.29, 0.717) is 10.8 Å². The normalized spacial score (nSPS) is 17.5. The molecule has 114 valence electrons. The van der Waals surface area contributed by atoms with E-state index in [1.165, 1.54) is 4.31 Å². The summed E-state index contributed by atoms with van der Waals surface area (Å²) in [6.07, 6.45) is 5.87. The van der Waals surface area contributed by atoms with Crippen LogP contribution in [0, 0.1) is 0 Å². The number of sulfonamides is 1. The fraction of sp³-hybridized carbons (Fsp3) is 0.714. The molecule has 4 nitrogen and oxygen atoms in total. The Morgan fingerprint density at radius 2 is 2.00 bits per heavy atom. The van der Waals surface area contributed by atoms with Crippen molar-refractivity contribution in [3.63, 3.8) is 0 Å². The van der Waals surface area contributed by atoms with E-state index in [1.54, 1.807) is 19.3 Å². The molecule has 0 radical (unpaired) electrons. The Kier molecular flexibility index (Phi) is 4.82. The van der Waals surface area contributed by atoms with Crippen LogP contribution in [0.25, 0.3) is 0 Å². The maximum Gasteiger partial charge on any atom is 0.244 e. The van der Waals surface area contributed by atoms with Gasteiger partial charge in [-0.1, -0.05) is 12.8 Å². The molecule has 0 atom stereocenters. The van der Waals surface area contributed by atoms with Gasteiger partial charge in [0.25, 0.3) is 0 Å². The highest BCUT2D eigenvalue weighted by Gasteiger charge is 2.31. The van der Waals surface area contributed by atoms with Crippen molar-refractivity contribution in [1.82, 2.24) is 8.87 Å². The Bertz CT molecular complexity index is 560. The van der Waals surface area contributed by atoms with Gasteiger partial charge in [-0.25, -0.2) is 8.42 Å². The van der Waals surface area contributed by atoms with Gasteiger partial charge in [-0.05, 0) is 32.8 Å². The molecule has 1 aromatic rings. The van der Waals surface area contributed by atoms with E-state index in [4.69, 9.17) is 11.6 Å². The summed E-state index contributed by atoms with van der Waals surface area (Å²) >= 11 is 5.92. The zero-order valence-corrected chi connectivity index (χ0v) is 13.9. The molecule has 1 saturated carbocycles. The minimum Gasteiger partial charge on any atom is -0.346 e. The van der Waals surface area contributed by atoms with Crippen LogP contribution >= 0.6 is 11.6 Å². The van der Waals surface area contributed by atoms with Gasteiger partial charge in [0.05, 0.1) is 5.88 Å². The highest BCUT2D eigenvalue weighted by Crippen LogP contribution is 2.29. The average molecular weight is 319 g/mol. The first-order valence-electron chi connectivity index (χ1n) is 7.12. The van der Waals surface area contributed by atoms with Gasteiger partial charge in [0, 0.05) is 31.0 Å². The van der Waals surface area contributed by atoms with E-state index in [1.807, 2.05) is 18.4 Å². The third-order valence-corrected chi connectivity index (χ3v) is 6.27. The van der Waals surface area contributed by atoms with Gasteiger partial charge in [-0.3, -0.25) is 0 Å². The average Bonchev–Trinajstić information content (AvgIpc) is 3.06.